The van der Waals surface area contributed by atoms with Crippen LogP contribution < -0.4 is 5.32 Å². The highest BCUT2D eigenvalue weighted by molar-refractivity contribution is 6.35. The number of hydrogen-bond donors (Lipinski definition) is 2. The number of para-hydroxylation sites is 1. The maximum atomic E-state index is 12.8. The maximum Gasteiger partial charge on any atom is 0.326 e. The number of aromatic nitrogens is 2. The topological polar surface area (TPSA) is 84.2 Å². The third kappa shape index (κ3) is 4.89. The van der Waals surface area contributed by atoms with E-state index >= 15 is 0 Å². The molecule has 0 fully saturated rings. The van der Waals surface area contributed by atoms with Gasteiger partial charge in [-0.05, 0) is 36.1 Å². The van der Waals surface area contributed by atoms with Crippen LogP contribution in [0.3, 0.4) is 0 Å². The molecule has 3 aromatic rings. The number of fused-ring (bicyclic) bond motifs is 1. The highest BCUT2D eigenvalue weighted by Gasteiger charge is 2.25. The van der Waals surface area contributed by atoms with Crippen LogP contribution in [0.4, 0.5) is 0 Å². The Morgan fingerprint density at radius 3 is 2.55 bits per heavy atom. The predicted octanol–water partition coefficient (Wildman–Crippen LogP) is 4.62. The van der Waals surface area contributed by atoms with E-state index in [0.29, 0.717) is 28.4 Å². The second-order valence-electron chi connectivity index (χ2n) is 7.25. The van der Waals surface area contributed by atoms with Crippen LogP contribution in [0.25, 0.3) is 10.9 Å². The molecule has 0 aliphatic heterocycles. The van der Waals surface area contributed by atoms with Gasteiger partial charge in [0.15, 0.2) is 5.69 Å². The fraction of sp³-hybridized carbons (Fsp3) is 0.286. The SMILES string of the molecule is CC(C)C[C@H](NC(=O)c1nn(Cc2ccc(Cl)cc2Cl)c2ccccc12)C(=O)O. The van der Waals surface area contributed by atoms with Gasteiger partial charge in [0.2, 0.25) is 0 Å². The van der Waals surface area contributed by atoms with E-state index in [2.05, 4.69) is 10.4 Å². The van der Waals surface area contributed by atoms with Crippen LogP contribution in [-0.2, 0) is 11.3 Å². The highest BCUT2D eigenvalue weighted by atomic mass is 35.5. The van der Waals surface area contributed by atoms with Gasteiger partial charge in [-0.15, -0.1) is 0 Å². The molecule has 0 aliphatic carbocycles. The summed E-state index contributed by atoms with van der Waals surface area (Å²) in [6.07, 6.45) is 0.333. The summed E-state index contributed by atoms with van der Waals surface area (Å²) in [4.78, 5) is 24.3. The van der Waals surface area contributed by atoms with Crippen LogP contribution in [0.1, 0.15) is 36.3 Å². The Kier molecular flexibility index (Phi) is 6.45. The van der Waals surface area contributed by atoms with E-state index in [1.165, 1.54) is 0 Å². The van der Waals surface area contributed by atoms with Gasteiger partial charge in [0.25, 0.3) is 5.91 Å². The van der Waals surface area contributed by atoms with E-state index in [0.717, 1.165) is 11.1 Å². The molecular formula is C21H21Cl2N3O3. The molecule has 6 nitrogen and oxygen atoms in total. The molecule has 0 radical (unpaired) electrons. The van der Waals surface area contributed by atoms with Crippen LogP contribution in [0.5, 0.6) is 0 Å². The monoisotopic (exact) mass is 433 g/mol. The summed E-state index contributed by atoms with van der Waals surface area (Å²) >= 11 is 12.2. The van der Waals surface area contributed by atoms with Gasteiger partial charge in [0.05, 0.1) is 12.1 Å². The number of carbonyl (C=O) groups excluding carboxylic acids is 1. The van der Waals surface area contributed by atoms with Gasteiger partial charge in [-0.25, -0.2) is 4.79 Å². The Morgan fingerprint density at radius 2 is 1.90 bits per heavy atom. The minimum atomic E-state index is -1.07. The fourth-order valence-electron chi connectivity index (χ4n) is 3.15. The summed E-state index contributed by atoms with van der Waals surface area (Å²) in [6.45, 7) is 4.16. The van der Waals surface area contributed by atoms with Crippen molar-refractivity contribution >= 4 is 46.0 Å². The number of benzene rings is 2. The van der Waals surface area contributed by atoms with Crippen molar-refractivity contribution in [3.63, 3.8) is 0 Å². The van der Waals surface area contributed by atoms with Crippen LogP contribution >= 0.6 is 23.2 Å². The lowest BCUT2D eigenvalue weighted by Crippen LogP contribution is -2.41. The molecule has 0 aliphatic rings. The molecule has 1 amide bonds. The van der Waals surface area contributed by atoms with Crippen molar-refractivity contribution in [2.45, 2.75) is 32.9 Å². The molecule has 2 N–H and O–H groups in total. The minimum Gasteiger partial charge on any atom is -0.480 e. The number of carboxylic acid groups (broad SMARTS) is 1. The number of aliphatic carboxylic acids is 1. The molecule has 1 heterocycles. The molecule has 152 valence electrons. The van der Waals surface area contributed by atoms with Crippen molar-refractivity contribution < 1.29 is 14.7 Å². The zero-order valence-corrected chi connectivity index (χ0v) is 17.5. The lowest BCUT2D eigenvalue weighted by Gasteiger charge is -2.15. The Hall–Kier alpha value is -2.57. The second-order valence-corrected chi connectivity index (χ2v) is 8.10. The smallest absolute Gasteiger partial charge is 0.326 e. The minimum absolute atomic E-state index is 0.123. The van der Waals surface area contributed by atoms with Gasteiger partial charge >= 0.3 is 5.97 Å². The van der Waals surface area contributed by atoms with E-state index in [1.807, 2.05) is 38.1 Å². The average molecular weight is 434 g/mol. The first kappa shape index (κ1) is 21.1. The van der Waals surface area contributed by atoms with E-state index in [-0.39, 0.29) is 11.6 Å². The van der Waals surface area contributed by atoms with Crippen molar-refractivity contribution in [2.75, 3.05) is 0 Å². The van der Waals surface area contributed by atoms with Crippen LogP contribution in [0.2, 0.25) is 10.0 Å². The van der Waals surface area contributed by atoms with Crippen LogP contribution in [0.15, 0.2) is 42.5 Å². The first-order chi connectivity index (χ1) is 13.8. The summed E-state index contributed by atoms with van der Waals surface area (Å²) < 4.78 is 1.68. The number of nitrogens with one attached hydrogen (secondary N) is 1. The van der Waals surface area contributed by atoms with Crippen molar-refractivity contribution in [3.8, 4) is 0 Å². The predicted molar refractivity (Wildman–Crippen MR) is 114 cm³/mol. The first-order valence-electron chi connectivity index (χ1n) is 9.19. The first-order valence-corrected chi connectivity index (χ1v) is 9.95. The third-order valence-electron chi connectivity index (χ3n) is 4.52. The summed E-state index contributed by atoms with van der Waals surface area (Å²) in [6, 6.07) is 11.5. The quantitative estimate of drug-likeness (QED) is 0.569. The standard InChI is InChI=1S/C21H21Cl2N3O3/c1-12(2)9-17(21(28)29)24-20(27)19-15-5-3-4-6-18(15)26(25-19)11-13-7-8-14(22)10-16(13)23/h3-8,10,12,17H,9,11H2,1-2H3,(H,24,27)(H,28,29)/t17-/m0/s1. The molecule has 0 bridgehead atoms. The summed E-state index contributed by atoms with van der Waals surface area (Å²) in [5, 5.41) is 18.2. The van der Waals surface area contributed by atoms with Gasteiger partial charge in [-0.2, -0.15) is 5.10 Å². The summed E-state index contributed by atoms with van der Waals surface area (Å²) in [5.74, 6) is -1.46. The third-order valence-corrected chi connectivity index (χ3v) is 5.11. The molecule has 1 atom stereocenters. The van der Waals surface area contributed by atoms with E-state index in [1.54, 1.807) is 22.9 Å². The summed E-state index contributed by atoms with van der Waals surface area (Å²) in [7, 11) is 0. The van der Waals surface area contributed by atoms with Crippen LogP contribution in [0, 0.1) is 5.92 Å². The van der Waals surface area contributed by atoms with Gasteiger partial charge in [-0.3, -0.25) is 9.48 Å². The Labute approximate surface area is 178 Å². The van der Waals surface area contributed by atoms with Gasteiger partial charge in [-0.1, -0.05) is 61.3 Å². The molecular weight excluding hydrogens is 413 g/mol. The van der Waals surface area contributed by atoms with Crippen molar-refractivity contribution in [3.05, 3.63) is 63.8 Å². The van der Waals surface area contributed by atoms with Crippen molar-refractivity contribution in [1.82, 2.24) is 15.1 Å². The summed E-state index contributed by atoms with van der Waals surface area (Å²) in [5.41, 5.74) is 1.74. The molecule has 8 heteroatoms. The normalized spacial score (nSPS) is 12.3. The maximum absolute atomic E-state index is 12.8. The van der Waals surface area contributed by atoms with Gasteiger partial charge < -0.3 is 10.4 Å². The Bertz CT molecular complexity index is 1060. The number of carboxylic acids is 1. The molecule has 0 unspecified atom stereocenters. The number of carbonyl (C=O) groups is 2. The Balaban J connectivity index is 1.95. The lowest BCUT2D eigenvalue weighted by atomic mass is 10.0. The number of hydrogen-bond acceptors (Lipinski definition) is 3. The van der Waals surface area contributed by atoms with Crippen LogP contribution in [-0.4, -0.2) is 32.8 Å². The van der Waals surface area contributed by atoms with E-state index in [9.17, 15) is 14.7 Å². The largest absolute Gasteiger partial charge is 0.480 e. The number of amides is 1. The molecule has 0 spiro atoms. The number of nitrogens with zero attached hydrogens (tertiary/aromatic N) is 2. The van der Waals surface area contributed by atoms with E-state index in [4.69, 9.17) is 23.2 Å². The van der Waals surface area contributed by atoms with Gasteiger partial charge in [0, 0.05) is 15.4 Å². The molecule has 1 aromatic heterocycles. The van der Waals surface area contributed by atoms with Gasteiger partial charge in [0.1, 0.15) is 6.04 Å². The molecule has 2 aromatic carbocycles. The number of halogens is 2. The lowest BCUT2D eigenvalue weighted by molar-refractivity contribution is -0.139. The molecule has 3 rings (SSSR count). The van der Waals surface area contributed by atoms with Crippen molar-refractivity contribution in [1.29, 1.82) is 0 Å². The Morgan fingerprint density at radius 1 is 1.17 bits per heavy atom. The molecule has 29 heavy (non-hydrogen) atoms. The zero-order chi connectivity index (χ0) is 21.1. The molecule has 0 saturated carbocycles. The van der Waals surface area contributed by atoms with E-state index < -0.39 is 17.9 Å². The number of rotatable bonds is 7. The van der Waals surface area contributed by atoms with Crippen molar-refractivity contribution in [2.24, 2.45) is 5.92 Å². The molecule has 0 saturated heterocycles. The second kappa shape index (κ2) is 8.84. The average Bonchev–Trinajstić information content (AvgIpc) is 3.02. The highest BCUT2D eigenvalue weighted by Crippen LogP contribution is 2.25. The zero-order valence-electron chi connectivity index (χ0n) is 16.0. The fourth-order valence-corrected chi connectivity index (χ4v) is 3.61.